The van der Waals surface area contributed by atoms with Gasteiger partial charge in [-0.05, 0) is 42.9 Å². The van der Waals surface area contributed by atoms with Gasteiger partial charge in [0.2, 0.25) is 0 Å². The van der Waals surface area contributed by atoms with Gasteiger partial charge in [-0.2, -0.15) is 0 Å². The molecule has 1 atom stereocenters. The van der Waals surface area contributed by atoms with E-state index in [2.05, 4.69) is 11.9 Å². The summed E-state index contributed by atoms with van der Waals surface area (Å²) in [7, 11) is 3.56. The lowest BCUT2D eigenvalue weighted by atomic mass is 9.89. The van der Waals surface area contributed by atoms with Crippen LogP contribution in [-0.4, -0.2) is 29.1 Å². The van der Waals surface area contributed by atoms with Gasteiger partial charge in [0.15, 0.2) is 11.6 Å². The molecule has 0 spiro atoms. The number of fused-ring (bicyclic) bond motifs is 3. The van der Waals surface area contributed by atoms with Crippen LogP contribution in [0.15, 0.2) is 24.5 Å². The van der Waals surface area contributed by atoms with Crippen LogP contribution >= 0.6 is 11.3 Å². The molecule has 1 aliphatic carbocycles. The Morgan fingerprint density at radius 3 is 2.96 bits per heavy atom. The maximum atomic E-state index is 5.45. The average molecular weight is 340 g/mol. The molecule has 5 nitrogen and oxygen atoms in total. The molecule has 3 heterocycles. The second-order valence-electron chi connectivity index (χ2n) is 6.32. The van der Waals surface area contributed by atoms with Crippen LogP contribution < -0.4 is 5.06 Å². The lowest BCUT2D eigenvalue weighted by Crippen LogP contribution is -2.18. The first-order chi connectivity index (χ1) is 11.7. The third-order valence-corrected chi connectivity index (χ3v) is 5.78. The van der Waals surface area contributed by atoms with Crippen molar-refractivity contribution in [3.8, 4) is 11.4 Å². The largest absolute Gasteiger partial charge is 0.276 e. The van der Waals surface area contributed by atoms with E-state index >= 15 is 0 Å². The van der Waals surface area contributed by atoms with Gasteiger partial charge in [-0.3, -0.25) is 9.82 Å². The van der Waals surface area contributed by atoms with E-state index in [1.54, 1.807) is 35.9 Å². The van der Waals surface area contributed by atoms with Crippen LogP contribution in [0.25, 0.3) is 21.6 Å². The fourth-order valence-electron chi connectivity index (χ4n) is 3.26. The van der Waals surface area contributed by atoms with Crippen molar-refractivity contribution >= 4 is 27.4 Å². The number of nitrogens with zero attached hydrogens (tertiary/aromatic N) is 4. The first-order valence-corrected chi connectivity index (χ1v) is 8.99. The number of hydrogen-bond acceptors (Lipinski definition) is 6. The van der Waals surface area contributed by atoms with Crippen molar-refractivity contribution in [1.29, 1.82) is 0 Å². The van der Waals surface area contributed by atoms with Crippen LogP contribution in [0, 0.1) is 5.92 Å². The Hall–Kier alpha value is -2.05. The fraction of sp³-hybridized carbons (Fsp3) is 0.389. The van der Waals surface area contributed by atoms with Crippen molar-refractivity contribution in [1.82, 2.24) is 15.0 Å². The highest BCUT2D eigenvalue weighted by molar-refractivity contribution is 7.19. The first-order valence-electron chi connectivity index (χ1n) is 8.18. The minimum absolute atomic E-state index is 0.696. The maximum Gasteiger partial charge on any atom is 0.165 e. The van der Waals surface area contributed by atoms with Gasteiger partial charge in [0.05, 0.1) is 12.5 Å². The Morgan fingerprint density at radius 1 is 1.33 bits per heavy atom. The van der Waals surface area contributed by atoms with Gasteiger partial charge in [-0.25, -0.2) is 15.0 Å². The van der Waals surface area contributed by atoms with E-state index in [1.807, 2.05) is 19.2 Å². The lowest BCUT2D eigenvalue weighted by Gasteiger charge is -2.20. The summed E-state index contributed by atoms with van der Waals surface area (Å²) in [4.78, 5) is 21.8. The number of thiophene rings is 1. The summed E-state index contributed by atoms with van der Waals surface area (Å²) in [5, 5.41) is 2.88. The van der Waals surface area contributed by atoms with Gasteiger partial charge in [0, 0.05) is 29.9 Å². The molecule has 24 heavy (non-hydrogen) atoms. The monoisotopic (exact) mass is 340 g/mol. The van der Waals surface area contributed by atoms with Crippen LogP contribution in [0.5, 0.6) is 0 Å². The Labute approximate surface area is 145 Å². The molecule has 0 amide bonds. The highest BCUT2D eigenvalue weighted by Gasteiger charge is 2.25. The Bertz CT molecular complexity index is 878. The summed E-state index contributed by atoms with van der Waals surface area (Å²) in [6.45, 7) is 2.32. The molecule has 0 aromatic carbocycles. The molecule has 0 saturated heterocycles. The van der Waals surface area contributed by atoms with Gasteiger partial charge in [-0.1, -0.05) is 6.92 Å². The maximum absolute atomic E-state index is 5.45. The molecular weight excluding hydrogens is 320 g/mol. The average Bonchev–Trinajstić information content (AvgIpc) is 2.98. The smallest absolute Gasteiger partial charge is 0.165 e. The standard InChI is InChI=1S/C18H20N4OS/c1-11-6-7-13-14(9-11)24-18-15(13)17(22(2)23-3)20-16(21-18)12-5-4-8-19-10-12/h4-5,8,10-11H,6-7,9H2,1-3H3/t11-/m0/s1. The zero-order valence-corrected chi connectivity index (χ0v) is 14.9. The molecule has 0 bridgehead atoms. The molecule has 0 saturated carbocycles. The van der Waals surface area contributed by atoms with E-state index in [4.69, 9.17) is 14.8 Å². The number of pyridine rings is 1. The van der Waals surface area contributed by atoms with Crippen molar-refractivity contribution in [2.75, 3.05) is 19.2 Å². The van der Waals surface area contributed by atoms with Crippen LogP contribution in [0.1, 0.15) is 23.8 Å². The molecule has 0 aliphatic heterocycles. The number of anilines is 1. The fourth-order valence-corrected chi connectivity index (χ4v) is 4.64. The van der Waals surface area contributed by atoms with Crippen LogP contribution in [-0.2, 0) is 17.7 Å². The first kappa shape index (κ1) is 15.5. The molecule has 3 aromatic rings. The second-order valence-corrected chi connectivity index (χ2v) is 7.41. The summed E-state index contributed by atoms with van der Waals surface area (Å²) >= 11 is 1.80. The summed E-state index contributed by atoms with van der Waals surface area (Å²) in [6.07, 6.45) is 7.01. The minimum Gasteiger partial charge on any atom is -0.276 e. The van der Waals surface area contributed by atoms with E-state index in [0.29, 0.717) is 5.82 Å². The summed E-state index contributed by atoms with van der Waals surface area (Å²) in [5.41, 5.74) is 2.33. The lowest BCUT2D eigenvalue weighted by molar-refractivity contribution is 0.183. The Kier molecular flexibility index (Phi) is 3.94. The van der Waals surface area contributed by atoms with Crippen molar-refractivity contribution in [2.24, 2.45) is 5.92 Å². The predicted octanol–water partition coefficient (Wildman–Crippen LogP) is 3.88. The number of hydroxylamine groups is 1. The summed E-state index contributed by atoms with van der Waals surface area (Å²) < 4.78 is 0. The Morgan fingerprint density at radius 2 is 2.21 bits per heavy atom. The molecule has 0 fully saturated rings. The topological polar surface area (TPSA) is 51.1 Å². The zero-order chi connectivity index (χ0) is 16.7. The summed E-state index contributed by atoms with van der Waals surface area (Å²) in [5.74, 6) is 2.27. The van der Waals surface area contributed by atoms with Crippen LogP contribution in [0.3, 0.4) is 0 Å². The second kappa shape index (κ2) is 6.11. The van der Waals surface area contributed by atoms with Gasteiger partial charge >= 0.3 is 0 Å². The minimum atomic E-state index is 0.696. The third-order valence-electron chi connectivity index (χ3n) is 4.63. The van der Waals surface area contributed by atoms with E-state index in [9.17, 15) is 0 Å². The molecule has 6 heteroatoms. The number of rotatable bonds is 3. The molecule has 0 radical (unpaired) electrons. The molecule has 0 unspecified atom stereocenters. The Balaban J connectivity index is 1.96. The van der Waals surface area contributed by atoms with Crippen molar-refractivity contribution in [2.45, 2.75) is 26.2 Å². The highest BCUT2D eigenvalue weighted by atomic mass is 32.1. The SMILES string of the molecule is CON(C)c1nc(-c2cccnc2)nc2sc3c(c12)CC[C@H](C)C3. The van der Waals surface area contributed by atoms with Crippen LogP contribution in [0.4, 0.5) is 5.82 Å². The third kappa shape index (κ3) is 2.56. The van der Waals surface area contributed by atoms with Gasteiger partial charge in [0.25, 0.3) is 0 Å². The molecule has 0 N–H and O–H groups in total. The quantitative estimate of drug-likeness (QED) is 0.677. The molecule has 4 rings (SSSR count). The molecule has 124 valence electrons. The van der Waals surface area contributed by atoms with Crippen molar-refractivity contribution < 1.29 is 4.84 Å². The van der Waals surface area contributed by atoms with Gasteiger partial charge in [0.1, 0.15) is 4.83 Å². The summed E-state index contributed by atoms with van der Waals surface area (Å²) in [6, 6.07) is 3.89. The zero-order valence-electron chi connectivity index (χ0n) is 14.1. The van der Waals surface area contributed by atoms with Gasteiger partial charge in [-0.15, -0.1) is 11.3 Å². The predicted molar refractivity (Wildman–Crippen MR) is 97.2 cm³/mol. The van der Waals surface area contributed by atoms with Crippen molar-refractivity contribution in [3.63, 3.8) is 0 Å². The van der Waals surface area contributed by atoms with E-state index in [1.165, 1.54) is 16.9 Å². The number of aryl methyl sites for hydroxylation is 1. The molecule has 3 aromatic heterocycles. The molecular formula is C18H20N4OS. The van der Waals surface area contributed by atoms with Crippen LogP contribution in [0.2, 0.25) is 0 Å². The molecule has 1 aliphatic rings. The van der Waals surface area contributed by atoms with E-state index < -0.39 is 0 Å². The normalized spacial score (nSPS) is 17.0. The number of aromatic nitrogens is 3. The van der Waals surface area contributed by atoms with Crippen molar-refractivity contribution in [3.05, 3.63) is 35.0 Å². The van der Waals surface area contributed by atoms with E-state index in [0.717, 1.165) is 40.4 Å². The van der Waals surface area contributed by atoms with Gasteiger partial charge < -0.3 is 0 Å². The highest BCUT2D eigenvalue weighted by Crippen LogP contribution is 2.41. The number of hydrogen-bond donors (Lipinski definition) is 0. The van der Waals surface area contributed by atoms with E-state index in [-0.39, 0.29) is 0 Å².